The minimum Gasteiger partial charge on any atom is -0.246 e. The fraction of sp³-hybridized carbons (Fsp3) is 0.600. The van der Waals surface area contributed by atoms with Crippen LogP contribution < -0.4 is 0 Å². The van der Waals surface area contributed by atoms with Gasteiger partial charge in [-0.2, -0.15) is 13.2 Å². The smallest absolute Gasteiger partial charge is 0.246 e. The molecular weight excluding hydrogens is 136 g/mol. The molecule has 0 saturated carbocycles. The molecule has 0 spiro atoms. The van der Waals surface area contributed by atoms with Crippen molar-refractivity contribution in [3.8, 4) is 0 Å². The molecule has 0 saturated heterocycles. The van der Waals surface area contributed by atoms with E-state index in [1.807, 2.05) is 0 Å². The summed E-state index contributed by atoms with van der Waals surface area (Å²) in [5.74, 6) is 0. The number of hydrogen-bond donors (Lipinski definition) is 0. The summed E-state index contributed by atoms with van der Waals surface area (Å²) in [4.78, 5) is 0. The largest absolute Gasteiger partial charge is 0.409 e. The van der Waals surface area contributed by atoms with Crippen LogP contribution in [0.3, 0.4) is 0 Å². The maximum atomic E-state index is 11.3. The van der Waals surface area contributed by atoms with Gasteiger partial charge in [0.25, 0.3) is 0 Å². The monoisotopic (exact) mass is 142 g/mol. The van der Waals surface area contributed by atoms with E-state index in [0.29, 0.717) is 0 Å². The molecule has 0 fully saturated rings. The van der Waals surface area contributed by atoms with Crippen LogP contribution in [0.5, 0.6) is 0 Å². The second-order valence-corrected chi connectivity index (χ2v) is 1.67. The molecule has 0 aromatic rings. The van der Waals surface area contributed by atoms with Crippen LogP contribution in [0.1, 0.15) is 6.92 Å². The molecular formula is C5H6F4. The fourth-order valence-electron chi connectivity index (χ4n) is 0.318. The van der Waals surface area contributed by atoms with Gasteiger partial charge in [0.05, 0.1) is 0 Å². The third-order valence-electron chi connectivity index (χ3n) is 0.621. The molecule has 0 aliphatic rings. The third kappa shape index (κ3) is 5.33. The summed E-state index contributed by atoms with van der Waals surface area (Å²) in [5, 5.41) is 0. The summed E-state index contributed by atoms with van der Waals surface area (Å²) in [6, 6.07) is 0. The fourth-order valence-corrected chi connectivity index (χ4v) is 0.318. The molecule has 0 atom stereocenters. The Morgan fingerprint density at radius 3 is 2.00 bits per heavy atom. The first-order valence-corrected chi connectivity index (χ1v) is 2.27. The molecule has 0 heterocycles. The quantitative estimate of drug-likeness (QED) is 0.389. The van der Waals surface area contributed by atoms with E-state index in [4.69, 9.17) is 0 Å². The van der Waals surface area contributed by atoms with Gasteiger partial charge in [0.1, 0.15) is 6.67 Å². The molecule has 9 heavy (non-hydrogen) atoms. The van der Waals surface area contributed by atoms with Gasteiger partial charge in [-0.3, -0.25) is 0 Å². The predicted molar refractivity (Wildman–Crippen MR) is 25.8 cm³/mol. The Labute approximate surface area is 50.2 Å². The first-order valence-electron chi connectivity index (χ1n) is 2.27. The zero-order valence-corrected chi connectivity index (χ0v) is 4.80. The van der Waals surface area contributed by atoms with Gasteiger partial charge in [-0.1, -0.05) is 0 Å². The van der Waals surface area contributed by atoms with Crippen molar-refractivity contribution in [2.24, 2.45) is 0 Å². The molecule has 0 aromatic carbocycles. The summed E-state index contributed by atoms with van der Waals surface area (Å²) >= 11 is 0. The molecule has 0 radical (unpaired) electrons. The van der Waals surface area contributed by atoms with E-state index in [9.17, 15) is 17.6 Å². The molecule has 0 aromatic heterocycles. The summed E-state index contributed by atoms with van der Waals surface area (Å²) in [6.07, 6.45) is -4.43. The summed E-state index contributed by atoms with van der Waals surface area (Å²) in [7, 11) is 0. The van der Waals surface area contributed by atoms with Gasteiger partial charge in [0.15, 0.2) is 0 Å². The van der Waals surface area contributed by atoms with E-state index >= 15 is 0 Å². The van der Waals surface area contributed by atoms with E-state index in [2.05, 4.69) is 0 Å². The topological polar surface area (TPSA) is 0 Å². The maximum absolute atomic E-state index is 11.3. The van der Waals surface area contributed by atoms with Crippen LogP contribution in [-0.2, 0) is 0 Å². The Balaban J connectivity index is 3.95. The molecule has 0 nitrogen and oxygen atoms in total. The summed E-state index contributed by atoms with van der Waals surface area (Å²) in [6.45, 7) is 0.0486. The number of allylic oxidation sites excluding steroid dienone is 2. The molecule has 0 aliphatic heterocycles. The van der Waals surface area contributed by atoms with E-state index in [0.717, 1.165) is 6.92 Å². The molecule has 0 aliphatic carbocycles. The molecule has 0 unspecified atom stereocenters. The van der Waals surface area contributed by atoms with Crippen molar-refractivity contribution in [1.82, 2.24) is 0 Å². The maximum Gasteiger partial charge on any atom is 0.409 e. The highest BCUT2D eigenvalue weighted by Crippen LogP contribution is 2.18. The summed E-state index contributed by atoms with van der Waals surface area (Å²) < 4.78 is 45.1. The average Bonchev–Trinajstić information content (AvgIpc) is 1.62. The number of halogens is 4. The predicted octanol–water partition coefficient (Wildman–Crippen LogP) is 2.46. The van der Waals surface area contributed by atoms with Gasteiger partial charge in [-0.25, -0.2) is 4.39 Å². The van der Waals surface area contributed by atoms with Crippen molar-refractivity contribution in [2.45, 2.75) is 13.1 Å². The van der Waals surface area contributed by atoms with Crippen molar-refractivity contribution in [1.29, 1.82) is 0 Å². The van der Waals surface area contributed by atoms with Gasteiger partial charge in [0.2, 0.25) is 0 Å². The van der Waals surface area contributed by atoms with Gasteiger partial charge in [-0.05, 0) is 12.5 Å². The van der Waals surface area contributed by atoms with Crippen LogP contribution in [0.25, 0.3) is 0 Å². The molecule has 0 N–H and O–H groups in total. The lowest BCUT2D eigenvalue weighted by Crippen LogP contribution is -2.02. The van der Waals surface area contributed by atoms with Crippen LogP contribution in [-0.4, -0.2) is 12.9 Å². The van der Waals surface area contributed by atoms with Gasteiger partial charge in [0, 0.05) is 6.08 Å². The second-order valence-electron chi connectivity index (χ2n) is 1.67. The lowest BCUT2D eigenvalue weighted by molar-refractivity contribution is -0.0806. The van der Waals surface area contributed by atoms with E-state index in [1.54, 1.807) is 0 Å². The Morgan fingerprint density at radius 1 is 1.44 bits per heavy atom. The minimum absolute atomic E-state index is 0.0486. The number of rotatable bonds is 1. The standard InChI is InChI=1S/C5H6F4/c1-4(3-6)2-5(7,8)9/h2H,3H2,1H3/b4-2-. The van der Waals surface area contributed by atoms with Crippen molar-refractivity contribution >= 4 is 0 Å². The van der Waals surface area contributed by atoms with Crippen LogP contribution in [0.2, 0.25) is 0 Å². The van der Waals surface area contributed by atoms with E-state index in [-0.39, 0.29) is 11.6 Å². The molecule has 0 bridgehead atoms. The van der Waals surface area contributed by atoms with Crippen LogP contribution >= 0.6 is 0 Å². The zero-order valence-electron chi connectivity index (χ0n) is 4.80. The molecule has 0 amide bonds. The molecule has 54 valence electrons. The highest BCUT2D eigenvalue weighted by molar-refractivity contribution is 5.01. The van der Waals surface area contributed by atoms with Crippen LogP contribution in [0.15, 0.2) is 11.6 Å². The SMILES string of the molecule is C/C(=C/C(F)(F)F)CF. The Kier molecular flexibility index (Phi) is 2.67. The second kappa shape index (κ2) is 2.85. The van der Waals surface area contributed by atoms with Gasteiger partial charge >= 0.3 is 6.18 Å². The average molecular weight is 142 g/mol. The minimum atomic E-state index is -4.38. The van der Waals surface area contributed by atoms with E-state index in [1.165, 1.54) is 0 Å². The van der Waals surface area contributed by atoms with Crippen molar-refractivity contribution in [3.05, 3.63) is 11.6 Å². The summed E-state index contributed by atoms with van der Waals surface area (Å²) in [5.41, 5.74) is -0.303. The third-order valence-corrected chi connectivity index (χ3v) is 0.621. The van der Waals surface area contributed by atoms with Crippen LogP contribution in [0, 0.1) is 0 Å². The number of alkyl halides is 4. The van der Waals surface area contributed by atoms with Gasteiger partial charge in [-0.15, -0.1) is 0 Å². The van der Waals surface area contributed by atoms with Crippen LogP contribution in [0.4, 0.5) is 17.6 Å². The highest BCUT2D eigenvalue weighted by Gasteiger charge is 2.23. The van der Waals surface area contributed by atoms with Crippen molar-refractivity contribution in [2.75, 3.05) is 6.67 Å². The molecule has 0 rings (SSSR count). The normalized spacial score (nSPS) is 14.1. The number of hydrogen-bond acceptors (Lipinski definition) is 0. The molecule has 4 heteroatoms. The highest BCUT2D eigenvalue weighted by atomic mass is 19.4. The Bertz CT molecular complexity index is 111. The zero-order chi connectivity index (χ0) is 7.49. The van der Waals surface area contributed by atoms with Crippen molar-refractivity contribution < 1.29 is 17.6 Å². The Hall–Kier alpha value is -0.540. The van der Waals surface area contributed by atoms with E-state index < -0.39 is 12.9 Å². The first-order chi connectivity index (χ1) is 3.95. The van der Waals surface area contributed by atoms with Gasteiger partial charge < -0.3 is 0 Å². The Morgan fingerprint density at radius 2 is 1.89 bits per heavy atom. The van der Waals surface area contributed by atoms with Crippen molar-refractivity contribution in [3.63, 3.8) is 0 Å². The lowest BCUT2D eigenvalue weighted by Gasteiger charge is -1.98. The lowest BCUT2D eigenvalue weighted by atomic mass is 10.3. The first kappa shape index (κ1) is 8.46.